The number of aryl methyl sites for hydroxylation is 1. The van der Waals surface area contributed by atoms with Gasteiger partial charge in [-0.15, -0.1) is 0 Å². The zero-order valence-corrected chi connectivity index (χ0v) is 11.5. The molecule has 3 heteroatoms. The van der Waals surface area contributed by atoms with E-state index in [4.69, 9.17) is 14.2 Å². The highest BCUT2D eigenvalue weighted by molar-refractivity contribution is 5.47. The van der Waals surface area contributed by atoms with Crippen molar-refractivity contribution < 1.29 is 14.2 Å². The second-order valence-electron chi connectivity index (χ2n) is 4.75. The summed E-state index contributed by atoms with van der Waals surface area (Å²) in [6.45, 7) is 9.12. The second-order valence-corrected chi connectivity index (χ2v) is 4.75. The summed E-state index contributed by atoms with van der Waals surface area (Å²) >= 11 is 0. The third-order valence-corrected chi connectivity index (χ3v) is 3.01. The van der Waals surface area contributed by atoms with E-state index in [0.717, 1.165) is 32.8 Å². The predicted molar refractivity (Wildman–Crippen MR) is 76.2 cm³/mol. The van der Waals surface area contributed by atoms with Crippen LogP contribution in [-0.2, 0) is 20.6 Å². The first-order valence-corrected chi connectivity index (χ1v) is 6.84. The minimum Gasteiger partial charge on any atom is -0.376 e. The van der Waals surface area contributed by atoms with Crippen molar-refractivity contribution in [3.8, 4) is 0 Å². The first-order valence-electron chi connectivity index (χ1n) is 6.84. The van der Waals surface area contributed by atoms with Crippen LogP contribution in [0.25, 0.3) is 6.08 Å². The van der Waals surface area contributed by atoms with Crippen LogP contribution in [0.3, 0.4) is 0 Å². The molecule has 1 aromatic carbocycles. The van der Waals surface area contributed by atoms with E-state index in [2.05, 4.69) is 37.8 Å². The molecule has 2 aliphatic rings. The van der Waals surface area contributed by atoms with Crippen LogP contribution in [0.15, 0.2) is 30.8 Å². The fraction of sp³-hybridized carbons (Fsp3) is 0.500. The number of ether oxygens (including phenoxy) is 3. The van der Waals surface area contributed by atoms with Crippen LogP contribution in [-0.4, -0.2) is 38.6 Å². The van der Waals surface area contributed by atoms with Crippen LogP contribution in [0.5, 0.6) is 0 Å². The Morgan fingerprint density at radius 1 is 1.26 bits per heavy atom. The summed E-state index contributed by atoms with van der Waals surface area (Å²) in [4.78, 5) is 0. The summed E-state index contributed by atoms with van der Waals surface area (Å²) in [7, 11) is 0. The van der Waals surface area contributed by atoms with E-state index in [0.29, 0.717) is 12.2 Å². The van der Waals surface area contributed by atoms with E-state index >= 15 is 0 Å². The van der Waals surface area contributed by atoms with E-state index in [-0.39, 0.29) is 0 Å². The molecular weight excluding hydrogens is 240 g/mol. The van der Waals surface area contributed by atoms with Crippen molar-refractivity contribution in [2.24, 2.45) is 0 Å². The maximum absolute atomic E-state index is 5.23. The van der Waals surface area contributed by atoms with Gasteiger partial charge in [0, 0.05) is 0 Å². The van der Waals surface area contributed by atoms with Gasteiger partial charge in [0.2, 0.25) is 0 Å². The summed E-state index contributed by atoms with van der Waals surface area (Å²) in [5, 5.41) is 0. The Morgan fingerprint density at radius 3 is 2.37 bits per heavy atom. The highest BCUT2D eigenvalue weighted by Crippen LogP contribution is 2.12. The number of epoxide rings is 2. The van der Waals surface area contributed by atoms with Crippen LogP contribution in [0.4, 0.5) is 0 Å². The molecule has 2 saturated heterocycles. The van der Waals surface area contributed by atoms with Crippen LogP contribution in [0.1, 0.15) is 18.1 Å². The Kier molecular flexibility index (Phi) is 5.58. The summed E-state index contributed by atoms with van der Waals surface area (Å²) in [6.07, 6.45) is 3.76. The van der Waals surface area contributed by atoms with Gasteiger partial charge in [-0.25, -0.2) is 0 Å². The molecular formula is C16H22O3. The molecule has 2 atom stereocenters. The molecule has 19 heavy (non-hydrogen) atoms. The maximum Gasteiger partial charge on any atom is 0.104 e. The van der Waals surface area contributed by atoms with Crippen molar-refractivity contribution in [3.05, 3.63) is 42.0 Å². The molecule has 3 rings (SSSR count). The molecule has 0 aromatic heterocycles. The Bertz CT molecular complexity index is 383. The topological polar surface area (TPSA) is 34.3 Å². The third-order valence-electron chi connectivity index (χ3n) is 3.01. The smallest absolute Gasteiger partial charge is 0.104 e. The first kappa shape index (κ1) is 14.3. The Morgan fingerprint density at radius 2 is 1.89 bits per heavy atom. The number of hydrogen-bond acceptors (Lipinski definition) is 3. The molecule has 0 bridgehead atoms. The molecule has 0 N–H and O–H groups in total. The Balaban J connectivity index is 0.000000141. The van der Waals surface area contributed by atoms with Crippen LogP contribution in [0.2, 0.25) is 0 Å². The quantitative estimate of drug-likeness (QED) is 0.739. The molecule has 0 spiro atoms. The number of hydrogen-bond donors (Lipinski definition) is 0. The van der Waals surface area contributed by atoms with Crippen molar-refractivity contribution in [2.45, 2.75) is 25.6 Å². The predicted octanol–water partition coefficient (Wildman–Crippen LogP) is 2.69. The van der Waals surface area contributed by atoms with Crippen molar-refractivity contribution in [1.29, 1.82) is 0 Å². The lowest BCUT2D eigenvalue weighted by molar-refractivity contribution is 0.102. The second kappa shape index (κ2) is 7.43. The monoisotopic (exact) mass is 262 g/mol. The molecule has 2 heterocycles. The minimum absolute atomic E-state index is 0.392. The van der Waals surface area contributed by atoms with Crippen molar-refractivity contribution in [3.63, 3.8) is 0 Å². The van der Waals surface area contributed by atoms with Crippen LogP contribution < -0.4 is 0 Å². The Labute approximate surface area is 115 Å². The molecule has 2 aliphatic heterocycles. The summed E-state index contributed by atoms with van der Waals surface area (Å²) in [6, 6.07) is 8.42. The van der Waals surface area contributed by atoms with Gasteiger partial charge in [-0.2, -0.15) is 0 Å². The summed E-state index contributed by atoms with van der Waals surface area (Å²) < 4.78 is 15.1. The molecule has 2 fully saturated rings. The molecule has 3 nitrogen and oxygen atoms in total. The number of benzene rings is 1. The lowest BCUT2D eigenvalue weighted by Crippen LogP contribution is -2.06. The number of rotatable bonds is 6. The molecule has 2 unspecified atom stereocenters. The van der Waals surface area contributed by atoms with Gasteiger partial charge in [0.05, 0.1) is 26.4 Å². The van der Waals surface area contributed by atoms with Crippen molar-refractivity contribution in [2.75, 3.05) is 26.4 Å². The Hall–Kier alpha value is -1.16. The van der Waals surface area contributed by atoms with Gasteiger partial charge in [0.1, 0.15) is 12.2 Å². The SMILES string of the molecule is C(OCC1CO1)C1CO1.C=Cc1cccc(CC)c1. The van der Waals surface area contributed by atoms with Gasteiger partial charge >= 0.3 is 0 Å². The average Bonchev–Trinajstić information content (AvgIpc) is 3.34. The van der Waals surface area contributed by atoms with E-state index in [1.807, 2.05) is 6.08 Å². The zero-order chi connectivity index (χ0) is 13.5. The molecule has 0 saturated carbocycles. The van der Waals surface area contributed by atoms with Gasteiger partial charge in [0.25, 0.3) is 0 Å². The van der Waals surface area contributed by atoms with Gasteiger partial charge in [-0.05, 0) is 17.5 Å². The molecule has 0 radical (unpaired) electrons. The maximum atomic E-state index is 5.23. The summed E-state index contributed by atoms with van der Waals surface area (Å²) in [5.41, 5.74) is 2.58. The van der Waals surface area contributed by atoms with Gasteiger partial charge in [0.15, 0.2) is 0 Å². The molecule has 0 aliphatic carbocycles. The standard InChI is InChI=1S/C10H12.C6H10O3/c1-3-9-6-5-7-10(4-2)8-9;1(5-3-8-5)7-2-6-4-9-6/h3,5-8H,1,4H2,2H3;5-6H,1-4H2. The first-order chi connectivity index (χ1) is 9.31. The zero-order valence-electron chi connectivity index (χ0n) is 11.5. The summed E-state index contributed by atoms with van der Waals surface area (Å²) in [5.74, 6) is 0. The van der Waals surface area contributed by atoms with Crippen molar-refractivity contribution in [1.82, 2.24) is 0 Å². The van der Waals surface area contributed by atoms with Crippen LogP contribution in [0, 0.1) is 0 Å². The molecule has 0 amide bonds. The fourth-order valence-corrected chi connectivity index (χ4v) is 1.60. The molecule has 104 valence electrons. The fourth-order valence-electron chi connectivity index (χ4n) is 1.60. The van der Waals surface area contributed by atoms with E-state index in [1.54, 1.807) is 0 Å². The van der Waals surface area contributed by atoms with E-state index < -0.39 is 0 Å². The highest BCUT2D eigenvalue weighted by atomic mass is 16.6. The largest absolute Gasteiger partial charge is 0.376 e. The average molecular weight is 262 g/mol. The van der Waals surface area contributed by atoms with Crippen molar-refractivity contribution >= 4 is 6.08 Å². The van der Waals surface area contributed by atoms with Crippen LogP contribution >= 0.6 is 0 Å². The highest BCUT2D eigenvalue weighted by Gasteiger charge is 2.26. The van der Waals surface area contributed by atoms with E-state index in [1.165, 1.54) is 11.1 Å². The minimum atomic E-state index is 0.392. The van der Waals surface area contributed by atoms with E-state index in [9.17, 15) is 0 Å². The lowest BCUT2D eigenvalue weighted by atomic mass is 10.1. The van der Waals surface area contributed by atoms with Gasteiger partial charge < -0.3 is 14.2 Å². The third kappa shape index (κ3) is 6.01. The lowest BCUT2D eigenvalue weighted by Gasteiger charge is -1.96. The normalized spacial score (nSPS) is 23.2. The van der Waals surface area contributed by atoms with Gasteiger partial charge in [-0.1, -0.05) is 43.8 Å². The molecule has 1 aromatic rings. The van der Waals surface area contributed by atoms with Gasteiger partial charge in [-0.3, -0.25) is 0 Å².